The Balaban J connectivity index is 2.27. The van der Waals surface area contributed by atoms with Crippen LogP contribution < -0.4 is 0 Å². The molecule has 1 aliphatic heterocycles. The van der Waals surface area contributed by atoms with E-state index in [0.29, 0.717) is 0 Å². The normalized spacial score (nSPS) is 21.4. The van der Waals surface area contributed by atoms with Crippen molar-refractivity contribution in [1.82, 2.24) is 5.06 Å². The van der Waals surface area contributed by atoms with Crippen LogP contribution in [0.1, 0.15) is 12.8 Å². The first-order valence-corrected chi connectivity index (χ1v) is 3.96. The summed E-state index contributed by atoms with van der Waals surface area (Å²) in [7, 11) is -2.69. The lowest BCUT2D eigenvalue weighted by molar-refractivity contribution is -0.0215. The fraction of sp³-hybridized carbons (Fsp3) is 1.00. The van der Waals surface area contributed by atoms with Crippen molar-refractivity contribution in [2.24, 2.45) is 0 Å². The number of hydroxylamine groups is 2. The van der Waals surface area contributed by atoms with Gasteiger partial charge >= 0.3 is 0 Å². The Morgan fingerprint density at radius 2 is 1.78 bits per heavy atom. The molecule has 0 unspecified atom stereocenters. The summed E-state index contributed by atoms with van der Waals surface area (Å²) >= 11 is 0. The maximum Gasteiger partial charge on any atom is 0.273 e. The summed E-state index contributed by atoms with van der Waals surface area (Å²) in [6.45, 7) is 1.48. The van der Waals surface area contributed by atoms with Crippen LogP contribution in [-0.4, -0.2) is 26.6 Å². The molecule has 0 radical (unpaired) electrons. The molecule has 1 saturated heterocycles. The first kappa shape index (κ1) is 6.98. The SMILES string of the molecule is O=[SH](=O)ON1CCCC1. The van der Waals surface area contributed by atoms with E-state index in [-0.39, 0.29) is 0 Å². The second-order valence-electron chi connectivity index (χ2n) is 1.94. The molecule has 0 saturated carbocycles. The van der Waals surface area contributed by atoms with Crippen LogP contribution in [0.2, 0.25) is 0 Å². The Labute approximate surface area is 55.5 Å². The van der Waals surface area contributed by atoms with Crippen LogP contribution in [0.15, 0.2) is 0 Å². The van der Waals surface area contributed by atoms with E-state index in [1.54, 1.807) is 0 Å². The molecule has 0 aromatic carbocycles. The van der Waals surface area contributed by atoms with Gasteiger partial charge in [-0.05, 0) is 12.8 Å². The van der Waals surface area contributed by atoms with E-state index < -0.39 is 11.0 Å². The van der Waals surface area contributed by atoms with Gasteiger partial charge in [0.1, 0.15) is 0 Å². The highest BCUT2D eigenvalue weighted by atomic mass is 32.2. The van der Waals surface area contributed by atoms with E-state index in [2.05, 4.69) is 4.28 Å². The Bertz CT molecular complexity index is 142. The topological polar surface area (TPSA) is 46.6 Å². The zero-order valence-electron chi connectivity index (χ0n) is 4.95. The Morgan fingerprint density at radius 1 is 1.22 bits per heavy atom. The minimum absolute atomic E-state index is 0.739. The van der Waals surface area contributed by atoms with Crippen molar-refractivity contribution in [3.8, 4) is 0 Å². The van der Waals surface area contributed by atoms with Crippen LogP contribution in [0.5, 0.6) is 0 Å². The van der Waals surface area contributed by atoms with Gasteiger partial charge in [0.15, 0.2) is 0 Å². The number of rotatable bonds is 2. The van der Waals surface area contributed by atoms with Gasteiger partial charge in [0.05, 0.1) is 0 Å². The highest BCUT2D eigenvalue weighted by Gasteiger charge is 2.11. The summed E-state index contributed by atoms with van der Waals surface area (Å²) in [5.74, 6) is 0. The molecule has 0 aliphatic carbocycles. The largest absolute Gasteiger partial charge is 0.273 e. The lowest BCUT2D eigenvalue weighted by Crippen LogP contribution is -2.18. The van der Waals surface area contributed by atoms with Crippen molar-refractivity contribution in [2.75, 3.05) is 13.1 Å². The fourth-order valence-corrected chi connectivity index (χ4v) is 1.22. The van der Waals surface area contributed by atoms with E-state index in [9.17, 15) is 8.42 Å². The highest BCUT2D eigenvalue weighted by molar-refractivity contribution is 7.67. The molecule has 4 nitrogen and oxygen atoms in total. The van der Waals surface area contributed by atoms with Crippen molar-refractivity contribution < 1.29 is 12.7 Å². The van der Waals surface area contributed by atoms with Gasteiger partial charge in [-0.1, -0.05) is 0 Å². The molecule has 5 heteroatoms. The summed E-state index contributed by atoms with van der Waals surface area (Å²) in [4.78, 5) is 0. The van der Waals surface area contributed by atoms with Crippen LogP contribution in [0.3, 0.4) is 0 Å². The molecule has 1 aliphatic rings. The van der Waals surface area contributed by atoms with Gasteiger partial charge in [-0.25, -0.2) is 8.42 Å². The van der Waals surface area contributed by atoms with Crippen LogP contribution in [0.25, 0.3) is 0 Å². The molecule has 0 amide bonds. The van der Waals surface area contributed by atoms with E-state index in [1.807, 2.05) is 0 Å². The second kappa shape index (κ2) is 3.14. The predicted octanol–water partition coefficient (Wildman–Crippen LogP) is -0.460. The quantitative estimate of drug-likeness (QED) is 0.542. The Kier molecular flexibility index (Phi) is 2.44. The number of thiol groups is 1. The molecule has 9 heavy (non-hydrogen) atoms. The molecule has 0 aromatic rings. The van der Waals surface area contributed by atoms with Gasteiger partial charge < -0.3 is 0 Å². The standard InChI is InChI=1S/C4H9NO3S/c6-9(7)8-5-3-1-2-4-5/h9H,1-4H2. The Morgan fingerprint density at radius 3 is 2.22 bits per heavy atom. The molecule has 0 spiro atoms. The van der Waals surface area contributed by atoms with Crippen LogP contribution >= 0.6 is 0 Å². The zero-order chi connectivity index (χ0) is 6.69. The number of hydrogen-bond acceptors (Lipinski definition) is 4. The molecule has 1 rings (SSSR count). The highest BCUT2D eigenvalue weighted by Crippen LogP contribution is 2.06. The first-order valence-electron chi connectivity index (χ1n) is 2.86. The molecule has 1 fully saturated rings. The maximum absolute atomic E-state index is 9.93. The average molecular weight is 151 g/mol. The maximum atomic E-state index is 9.93. The monoisotopic (exact) mass is 151 g/mol. The third-order valence-corrected chi connectivity index (χ3v) is 1.61. The third kappa shape index (κ3) is 2.30. The van der Waals surface area contributed by atoms with Crippen molar-refractivity contribution in [3.63, 3.8) is 0 Å². The van der Waals surface area contributed by atoms with Crippen molar-refractivity contribution in [1.29, 1.82) is 0 Å². The lowest BCUT2D eigenvalue weighted by atomic mass is 10.4. The van der Waals surface area contributed by atoms with Crippen LogP contribution in [0, 0.1) is 0 Å². The van der Waals surface area contributed by atoms with Gasteiger partial charge in [0.2, 0.25) is 0 Å². The second-order valence-corrected chi connectivity index (χ2v) is 2.55. The van der Waals surface area contributed by atoms with E-state index >= 15 is 0 Å². The van der Waals surface area contributed by atoms with E-state index in [0.717, 1.165) is 25.9 Å². The minimum atomic E-state index is -2.69. The molecule has 54 valence electrons. The van der Waals surface area contributed by atoms with Crippen LogP contribution in [0.4, 0.5) is 0 Å². The molecular formula is C4H9NO3S. The number of nitrogens with zero attached hydrogens (tertiary/aromatic N) is 1. The van der Waals surface area contributed by atoms with Crippen molar-refractivity contribution in [3.05, 3.63) is 0 Å². The predicted molar refractivity (Wildman–Crippen MR) is 32.2 cm³/mol. The lowest BCUT2D eigenvalue weighted by Gasteiger charge is -2.06. The molecule has 0 bridgehead atoms. The third-order valence-electron chi connectivity index (χ3n) is 1.25. The molecular weight excluding hydrogens is 142 g/mol. The van der Waals surface area contributed by atoms with E-state index in [1.165, 1.54) is 5.06 Å². The van der Waals surface area contributed by atoms with Crippen LogP contribution in [-0.2, 0) is 15.3 Å². The van der Waals surface area contributed by atoms with Crippen molar-refractivity contribution >= 4 is 11.0 Å². The summed E-state index contributed by atoms with van der Waals surface area (Å²) in [6, 6.07) is 0. The Hall–Kier alpha value is -0.130. The van der Waals surface area contributed by atoms with Gasteiger partial charge in [-0.3, -0.25) is 0 Å². The summed E-state index contributed by atoms with van der Waals surface area (Å²) in [5, 5.41) is 1.46. The average Bonchev–Trinajstić information content (AvgIpc) is 2.15. The molecule has 0 N–H and O–H groups in total. The van der Waals surface area contributed by atoms with Gasteiger partial charge in [0, 0.05) is 13.1 Å². The van der Waals surface area contributed by atoms with E-state index in [4.69, 9.17) is 0 Å². The summed E-state index contributed by atoms with van der Waals surface area (Å²) in [5.41, 5.74) is 0. The molecule has 0 aromatic heterocycles. The van der Waals surface area contributed by atoms with Gasteiger partial charge in [-0.2, -0.15) is 9.35 Å². The number of hydrogen-bond donors (Lipinski definition) is 1. The van der Waals surface area contributed by atoms with Gasteiger partial charge in [0.25, 0.3) is 11.0 Å². The van der Waals surface area contributed by atoms with Crippen molar-refractivity contribution in [2.45, 2.75) is 12.8 Å². The zero-order valence-corrected chi connectivity index (χ0v) is 5.84. The molecule has 0 atom stereocenters. The smallest absolute Gasteiger partial charge is 0.201 e. The minimum Gasteiger partial charge on any atom is -0.201 e. The summed E-state index contributed by atoms with van der Waals surface area (Å²) in [6.07, 6.45) is 2.06. The summed E-state index contributed by atoms with van der Waals surface area (Å²) < 4.78 is 24.3. The molecule has 1 heterocycles. The fourth-order valence-electron chi connectivity index (χ4n) is 0.864. The first-order chi connectivity index (χ1) is 4.29. The van der Waals surface area contributed by atoms with Gasteiger partial charge in [-0.15, -0.1) is 0 Å².